The molecule has 2 N–H and O–H groups in total. The van der Waals surface area contributed by atoms with Gasteiger partial charge in [0.1, 0.15) is 6.10 Å². The summed E-state index contributed by atoms with van der Waals surface area (Å²) in [7, 11) is 0. The molecule has 47 heavy (non-hydrogen) atoms. The van der Waals surface area contributed by atoms with Gasteiger partial charge in [0.15, 0.2) is 6.29 Å². The van der Waals surface area contributed by atoms with Crippen LogP contribution in [0.5, 0.6) is 0 Å². The molecule has 2 spiro atoms. The zero-order chi connectivity index (χ0) is 33.0. The van der Waals surface area contributed by atoms with Crippen LogP contribution in [0.2, 0.25) is 0 Å². The normalized spacial score (nSPS) is 45.9. The second-order valence-electron chi connectivity index (χ2n) is 18.2. The quantitative estimate of drug-likeness (QED) is 0.418. The number of ether oxygens (including phenoxy) is 3. The smallest absolute Gasteiger partial charge is 0.228 e. The minimum Gasteiger partial charge on any atom is -0.388 e. The number of aliphatic hydroxyl groups excluding tert-OH is 1. The summed E-state index contributed by atoms with van der Waals surface area (Å²) >= 11 is 0. The first-order valence-electron chi connectivity index (χ1n) is 18.8. The Labute approximate surface area is 281 Å². The van der Waals surface area contributed by atoms with Gasteiger partial charge in [-0.2, -0.15) is 0 Å². The van der Waals surface area contributed by atoms with Gasteiger partial charge in [-0.25, -0.2) is 0 Å². The molecule has 8 rings (SSSR count). The first-order chi connectivity index (χ1) is 22.3. The van der Waals surface area contributed by atoms with Crippen LogP contribution in [0.1, 0.15) is 105 Å². The summed E-state index contributed by atoms with van der Waals surface area (Å²) in [6.45, 7) is 12.5. The topological polar surface area (TPSA) is 101 Å². The largest absolute Gasteiger partial charge is 0.388 e. The lowest BCUT2D eigenvalue weighted by Crippen LogP contribution is -2.56. The van der Waals surface area contributed by atoms with Crippen molar-refractivity contribution in [1.29, 1.82) is 0 Å². The van der Waals surface area contributed by atoms with E-state index in [4.69, 9.17) is 14.2 Å². The van der Waals surface area contributed by atoms with E-state index in [1.54, 1.807) is 20.0 Å². The van der Waals surface area contributed by atoms with Gasteiger partial charge in [0.05, 0.1) is 43.5 Å². The number of aromatic nitrogens is 1. The van der Waals surface area contributed by atoms with E-state index < -0.39 is 11.7 Å². The van der Waals surface area contributed by atoms with Crippen molar-refractivity contribution >= 4 is 5.91 Å². The number of rotatable bonds is 6. The number of hydrogen-bond acceptors (Lipinski definition) is 7. The molecule has 8 nitrogen and oxygen atoms in total. The summed E-state index contributed by atoms with van der Waals surface area (Å²) in [5.41, 5.74) is 0.894. The molecular formula is C39H58N2O6. The molecule has 260 valence electrons. The Morgan fingerprint density at radius 3 is 2.64 bits per heavy atom. The Morgan fingerprint density at radius 2 is 1.87 bits per heavy atom. The Kier molecular flexibility index (Phi) is 7.78. The number of nitrogens with zero attached hydrogens (tertiary/aromatic N) is 2. The highest BCUT2D eigenvalue weighted by Crippen LogP contribution is 2.87. The van der Waals surface area contributed by atoms with Gasteiger partial charge < -0.3 is 29.3 Å². The summed E-state index contributed by atoms with van der Waals surface area (Å²) in [4.78, 5) is 19.4. The van der Waals surface area contributed by atoms with Crippen molar-refractivity contribution in [2.45, 2.75) is 142 Å². The van der Waals surface area contributed by atoms with Gasteiger partial charge in [-0.05, 0) is 136 Å². The molecule has 2 aliphatic heterocycles. The van der Waals surface area contributed by atoms with Crippen molar-refractivity contribution in [1.82, 2.24) is 9.88 Å². The molecule has 0 aromatic carbocycles. The molecule has 2 saturated heterocycles. The lowest BCUT2D eigenvalue weighted by Gasteiger charge is -2.60. The van der Waals surface area contributed by atoms with E-state index in [2.05, 4.69) is 25.8 Å². The highest BCUT2D eigenvalue weighted by molar-refractivity contribution is 5.78. The van der Waals surface area contributed by atoms with E-state index in [1.807, 2.05) is 23.1 Å². The van der Waals surface area contributed by atoms with Gasteiger partial charge in [-0.1, -0.05) is 26.8 Å². The van der Waals surface area contributed by atoms with E-state index in [-0.39, 0.29) is 35.9 Å². The van der Waals surface area contributed by atoms with E-state index >= 15 is 0 Å². The van der Waals surface area contributed by atoms with E-state index in [1.165, 1.54) is 38.5 Å². The van der Waals surface area contributed by atoms with Gasteiger partial charge in [0.2, 0.25) is 5.91 Å². The van der Waals surface area contributed by atoms with Crippen LogP contribution in [-0.2, 0) is 25.4 Å². The minimum atomic E-state index is -1.15. The maximum Gasteiger partial charge on any atom is 0.228 e. The fourth-order valence-electron chi connectivity index (χ4n) is 13.1. The fraction of sp³-hybridized carbons (Fsp3) is 0.846. The molecule has 7 fully saturated rings. The zero-order valence-corrected chi connectivity index (χ0v) is 29.3. The third kappa shape index (κ3) is 5.00. The molecule has 5 aliphatic carbocycles. The molecule has 12 atom stereocenters. The molecule has 9 unspecified atom stereocenters. The SMILES string of the molecule is CC12CC[C@@]34CC35CC[C@H](OC3CN(C(=O)Cc6ccccn6)CCO3)C(C)(C)C5CCC4C1CC1OC([C@H](O)C(C)(C)O)CCC12. The molecule has 5 saturated carbocycles. The standard InChI is InChI=1S/C39H58N2O6/c1-35(2)30-12-10-25-27-21-29-26(9-11-28(46-29)34(43)36(3,4)44)37(27,5)15-16-38(25)23-39(30,38)14-13-31(35)47-33-22-41(18-19-45-33)32(42)20-24-8-6-7-17-40-24/h6-8,17,25-31,33-34,43-44H,9-16,18-23H2,1-5H3/t25?,26?,27?,28?,29?,30?,31-,33?,34-,37?,38-,39?/m0/s1. The van der Waals surface area contributed by atoms with Crippen LogP contribution in [-0.4, -0.2) is 82.0 Å². The van der Waals surface area contributed by atoms with Gasteiger partial charge in [-0.3, -0.25) is 9.78 Å². The third-order valence-electron chi connectivity index (χ3n) is 15.4. The summed E-state index contributed by atoms with van der Waals surface area (Å²) in [5, 5.41) is 21.4. The summed E-state index contributed by atoms with van der Waals surface area (Å²) < 4.78 is 19.7. The second kappa shape index (κ2) is 11.2. The molecule has 0 radical (unpaired) electrons. The van der Waals surface area contributed by atoms with E-state index in [9.17, 15) is 15.0 Å². The van der Waals surface area contributed by atoms with E-state index in [0.29, 0.717) is 60.1 Å². The molecule has 7 aliphatic rings. The highest BCUT2D eigenvalue weighted by Gasteiger charge is 2.80. The number of aliphatic hydroxyl groups is 2. The molecule has 1 aromatic heterocycles. The predicted octanol–water partition coefficient (Wildman–Crippen LogP) is 5.53. The van der Waals surface area contributed by atoms with Crippen LogP contribution in [0, 0.1) is 45.3 Å². The van der Waals surface area contributed by atoms with Crippen LogP contribution < -0.4 is 0 Å². The first-order valence-corrected chi connectivity index (χ1v) is 18.8. The number of fused-ring (bicyclic) bond motifs is 4. The zero-order valence-electron chi connectivity index (χ0n) is 29.3. The maximum absolute atomic E-state index is 13.1. The number of pyridine rings is 1. The Morgan fingerprint density at radius 1 is 1.06 bits per heavy atom. The predicted molar refractivity (Wildman–Crippen MR) is 177 cm³/mol. The van der Waals surface area contributed by atoms with Crippen LogP contribution in [0.15, 0.2) is 24.4 Å². The van der Waals surface area contributed by atoms with Gasteiger partial charge in [-0.15, -0.1) is 0 Å². The Bertz CT molecular complexity index is 1350. The van der Waals surface area contributed by atoms with Crippen molar-refractivity contribution in [3.63, 3.8) is 0 Å². The summed E-state index contributed by atoms with van der Waals surface area (Å²) in [5.74, 6) is 2.75. The number of carbonyl (C=O) groups is 1. The van der Waals surface area contributed by atoms with Gasteiger partial charge in [0, 0.05) is 18.4 Å². The molecule has 0 bridgehead atoms. The summed E-state index contributed by atoms with van der Waals surface area (Å²) in [6, 6.07) is 5.72. The average molecular weight is 651 g/mol. The third-order valence-corrected chi connectivity index (χ3v) is 15.4. The van der Waals surface area contributed by atoms with Crippen molar-refractivity contribution in [2.75, 3.05) is 19.7 Å². The van der Waals surface area contributed by atoms with Crippen molar-refractivity contribution < 1.29 is 29.2 Å². The number of carbonyl (C=O) groups excluding carboxylic acids is 1. The first kappa shape index (κ1) is 32.6. The molecule has 1 amide bonds. The van der Waals surface area contributed by atoms with Crippen LogP contribution >= 0.6 is 0 Å². The number of hydrogen-bond donors (Lipinski definition) is 2. The minimum absolute atomic E-state index is 0.0459. The Hall–Kier alpha value is -1.58. The van der Waals surface area contributed by atoms with Crippen molar-refractivity contribution in [3.8, 4) is 0 Å². The van der Waals surface area contributed by atoms with Gasteiger partial charge >= 0.3 is 0 Å². The molecule has 1 aromatic rings. The molecule has 8 heteroatoms. The number of morpholine rings is 1. The van der Waals surface area contributed by atoms with Crippen LogP contribution in [0.25, 0.3) is 0 Å². The van der Waals surface area contributed by atoms with Crippen molar-refractivity contribution in [3.05, 3.63) is 30.1 Å². The highest BCUT2D eigenvalue weighted by atomic mass is 16.7. The average Bonchev–Trinajstić information content (AvgIpc) is 3.62. The maximum atomic E-state index is 13.1. The monoisotopic (exact) mass is 650 g/mol. The Balaban J connectivity index is 0.936. The number of amides is 1. The second-order valence-corrected chi connectivity index (χ2v) is 18.2. The summed E-state index contributed by atoms with van der Waals surface area (Å²) in [6.07, 6.45) is 12.8. The molecular weight excluding hydrogens is 592 g/mol. The lowest BCUT2D eigenvalue weighted by molar-refractivity contribution is -0.244. The van der Waals surface area contributed by atoms with Crippen LogP contribution in [0.3, 0.4) is 0 Å². The lowest BCUT2D eigenvalue weighted by atomic mass is 9.46. The van der Waals surface area contributed by atoms with Gasteiger partial charge in [0.25, 0.3) is 0 Å². The van der Waals surface area contributed by atoms with E-state index in [0.717, 1.165) is 37.3 Å². The van der Waals surface area contributed by atoms with Crippen LogP contribution in [0.4, 0.5) is 0 Å². The fourth-order valence-corrected chi connectivity index (χ4v) is 13.1. The van der Waals surface area contributed by atoms with Crippen molar-refractivity contribution in [2.24, 2.45) is 45.3 Å². The molecule has 3 heterocycles.